The summed E-state index contributed by atoms with van der Waals surface area (Å²) in [5.41, 5.74) is 0.935. The van der Waals surface area contributed by atoms with Crippen LogP contribution in [0.1, 0.15) is 18.5 Å². The highest BCUT2D eigenvalue weighted by Crippen LogP contribution is 2.25. The van der Waals surface area contributed by atoms with Gasteiger partial charge in [0.25, 0.3) is 0 Å². The van der Waals surface area contributed by atoms with Crippen molar-refractivity contribution in [3.63, 3.8) is 0 Å². The lowest BCUT2D eigenvalue weighted by Crippen LogP contribution is -2.15. The van der Waals surface area contributed by atoms with Gasteiger partial charge in [0.05, 0.1) is 16.7 Å². The first-order chi connectivity index (χ1) is 10.2. The van der Waals surface area contributed by atoms with Crippen LogP contribution >= 0.6 is 15.9 Å². The van der Waals surface area contributed by atoms with Crippen LogP contribution in [0.2, 0.25) is 0 Å². The normalized spacial score (nSPS) is 14.4. The number of hydrogen-bond donors (Lipinski definition) is 1. The molecule has 0 spiro atoms. The maximum absolute atomic E-state index is 13.0. The summed E-state index contributed by atoms with van der Waals surface area (Å²) in [5, 5.41) is 11.6. The number of benzene rings is 1. The first-order valence-electron chi connectivity index (χ1n) is 6.91. The Morgan fingerprint density at radius 3 is 3.05 bits per heavy atom. The molecule has 0 aliphatic heterocycles. The van der Waals surface area contributed by atoms with Crippen molar-refractivity contribution in [2.75, 3.05) is 6.61 Å². The third-order valence-electron chi connectivity index (χ3n) is 3.21. The molecule has 1 aromatic heterocycles. The van der Waals surface area contributed by atoms with Gasteiger partial charge in [-0.3, -0.25) is 0 Å². The number of nitrogens with one attached hydrogen (secondary N) is 1. The first kappa shape index (κ1) is 14.5. The second-order valence-corrected chi connectivity index (χ2v) is 5.91. The fraction of sp³-hybridized carbons (Fsp3) is 0.429. The molecule has 1 aliphatic rings. The summed E-state index contributed by atoms with van der Waals surface area (Å²) >= 11 is 3.27. The molecule has 1 saturated carbocycles. The molecule has 1 fully saturated rings. The second-order valence-electron chi connectivity index (χ2n) is 5.05. The van der Waals surface area contributed by atoms with E-state index in [9.17, 15) is 4.39 Å². The highest BCUT2D eigenvalue weighted by atomic mass is 79.9. The molecule has 3 rings (SSSR count). The van der Waals surface area contributed by atoms with Crippen LogP contribution in [0, 0.1) is 5.82 Å². The van der Waals surface area contributed by atoms with Gasteiger partial charge >= 0.3 is 0 Å². The van der Waals surface area contributed by atoms with Gasteiger partial charge < -0.3 is 10.1 Å². The van der Waals surface area contributed by atoms with Crippen LogP contribution in [0.15, 0.2) is 28.9 Å². The lowest BCUT2D eigenvalue weighted by Gasteiger charge is -2.07. The van der Waals surface area contributed by atoms with Crippen LogP contribution in [0.5, 0.6) is 5.75 Å². The second kappa shape index (κ2) is 6.53. The largest absolute Gasteiger partial charge is 0.490 e. The summed E-state index contributed by atoms with van der Waals surface area (Å²) < 4.78 is 20.9. The molecular weight excluding hydrogens is 339 g/mol. The van der Waals surface area contributed by atoms with Crippen LogP contribution in [0.3, 0.4) is 0 Å². The average Bonchev–Trinajstić information content (AvgIpc) is 3.18. The zero-order valence-corrected chi connectivity index (χ0v) is 13.0. The van der Waals surface area contributed by atoms with E-state index in [4.69, 9.17) is 4.74 Å². The molecule has 21 heavy (non-hydrogen) atoms. The van der Waals surface area contributed by atoms with Gasteiger partial charge in [0.1, 0.15) is 18.2 Å². The zero-order valence-electron chi connectivity index (χ0n) is 11.4. The summed E-state index contributed by atoms with van der Waals surface area (Å²) in [7, 11) is 0. The average molecular weight is 355 g/mol. The summed E-state index contributed by atoms with van der Waals surface area (Å²) in [6.07, 6.45) is 4.43. The predicted octanol–water partition coefficient (Wildman–Crippen LogP) is 2.51. The summed E-state index contributed by atoms with van der Waals surface area (Å²) in [5.74, 6) is 0.324. The maximum atomic E-state index is 13.0. The SMILES string of the molecule is Fc1ccc(OCCn2cc(CNC3CC3)nn2)c(Br)c1. The van der Waals surface area contributed by atoms with Crippen molar-refractivity contribution >= 4 is 15.9 Å². The Bertz CT molecular complexity index is 615. The molecule has 0 atom stereocenters. The number of nitrogens with zero attached hydrogens (tertiary/aromatic N) is 3. The quantitative estimate of drug-likeness (QED) is 0.829. The standard InChI is InChI=1S/C14H16BrFN4O/c15-13-7-10(16)1-4-14(13)21-6-5-20-9-12(18-19-20)8-17-11-2-3-11/h1,4,7,9,11,17H,2-3,5-6,8H2. The van der Waals surface area contributed by atoms with Gasteiger partial charge in [-0.05, 0) is 47.0 Å². The van der Waals surface area contributed by atoms with Crippen LogP contribution in [0.4, 0.5) is 4.39 Å². The monoisotopic (exact) mass is 354 g/mol. The van der Waals surface area contributed by atoms with Crippen molar-refractivity contribution in [2.45, 2.75) is 32.0 Å². The van der Waals surface area contributed by atoms with Crippen LogP contribution in [-0.4, -0.2) is 27.6 Å². The highest BCUT2D eigenvalue weighted by molar-refractivity contribution is 9.10. The molecule has 0 bridgehead atoms. The molecule has 1 N–H and O–H groups in total. The number of aromatic nitrogens is 3. The smallest absolute Gasteiger partial charge is 0.133 e. The van der Waals surface area contributed by atoms with Gasteiger partial charge in [-0.2, -0.15) is 0 Å². The molecular formula is C14H16BrFN4O. The predicted molar refractivity (Wildman–Crippen MR) is 79.5 cm³/mol. The topological polar surface area (TPSA) is 52.0 Å². The Morgan fingerprint density at radius 1 is 1.43 bits per heavy atom. The fourth-order valence-corrected chi connectivity index (χ4v) is 2.37. The molecule has 1 aliphatic carbocycles. The third kappa shape index (κ3) is 4.25. The Hall–Kier alpha value is -1.47. The molecule has 1 aromatic carbocycles. The van der Waals surface area contributed by atoms with Gasteiger partial charge in [-0.1, -0.05) is 5.21 Å². The van der Waals surface area contributed by atoms with E-state index in [-0.39, 0.29) is 5.82 Å². The van der Waals surface area contributed by atoms with Crippen LogP contribution in [-0.2, 0) is 13.1 Å². The Kier molecular flexibility index (Phi) is 4.50. The summed E-state index contributed by atoms with van der Waals surface area (Å²) in [6.45, 7) is 1.80. The molecule has 0 unspecified atom stereocenters. The third-order valence-corrected chi connectivity index (χ3v) is 3.83. The number of hydrogen-bond acceptors (Lipinski definition) is 4. The maximum Gasteiger partial charge on any atom is 0.133 e. The molecule has 0 radical (unpaired) electrons. The van der Waals surface area contributed by atoms with Crippen LogP contribution < -0.4 is 10.1 Å². The van der Waals surface area contributed by atoms with E-state index in [2.05, 4.69) is 31.6 Å². The van der Waals surface area contributed by atoms with E-state index >= 15 is 0 Å². The van der Waals surface area contributed by atoms with Gasteiger partial charge in [-0.15, -0.1) is 5.10 Å². The van der Waals surface area contributed by atoms with Crippen molar-refractivity contribution in [2.24, 2.45) is 0 Å². The van der Waals surface area contributed by atoms with Crippen molar-refractivity contribution in [1.29, 1.82) is 0 Å². The lowest BCUT2D eigenvalue weighted by molar-refractivity contribution is 0.287. The highest BCUT2D eigenvalue weighted by Gasteiger charge is 2.20. The number of halogens is 2. The minimum Gasteiger partial charge on any atom is -0.490 e. The van der Waals surface area contributed by atoms with Crippen molar-refractivity contribution in [3.05, 3.63) is 40.4 Å². The lowest BCUT2D eigenvalue weighted by atomic mass is 10.3. The van der Waals surface area contributed by atoms with Gasteiger partial charge in [0.2, 0.25) is 0 Å². The number of ether oxygens (including phenoxy) is 1. The van der Waals surface area contributed by atoms with E-state index in [0.717, 1.165) is 12.2 Å². The summed E-state index contributed by atoms with van der Waals surface area (Å²) in [6, 6.07) is 5.02. The number of rotatable bonds is 7. The minimum absolute atomic E-state index is 0.293. The van der Waals surface area contributed by atoms with Crippen molar-refractivity contribution in [3.8, 4) is 5.75 Å². The summed E-state index contributed by atoms with van der Waals surface area (Å²) in [4.78, 5) is 0. The molecule has 5 nitrogen and oxygen atoms in total. The Balaban J connectivity index is 1.46. The molecule has 0 saturated heterocycles. The van der Waals surface area contributed by atoms with Crippen molar-refractivity contribution in [1.82, 2.24) is 20.3 Å². The Morgan fingerprint density at radius 2 is 2.29 bits per heavy atom. The van der Waals surface area contributed by atoms with E-state index < -0.39 is 0 Å². The van der Waals surface area contributed by atoms with E-state index in [1.165, 1.54) is 25.0 Å². The molecule has 2 aromatic rings. The zero-order chi connectivity index (χ0) is 14.7. The molecule has 7 heteroatoms. The van der Waals surface area contributed by atoms with Crippen LogP contribution in [0.25, 0.3) is 0 Å². The molecule has 112 valence electrons. The molecule has 0 amide bonds. The molecule has 1 heterocycles. The van der Waals surface area contributed by atoms with Gasteiger partial charge in [0.15, 0.2) is 0 Å². The fourth-order valence-electron chi connectivity index (χ4n) is 1.91. The first-order valence-corrected chi connectivity index (χ1v) is 7.70. The van der Waals surface area contributed by atoms with Gasteiger partial charge in [0, 0.05) is 18.8 Å². The minimum atomic E-state index is -0.293. The van der Waals surface area contributed by atoms with Crippen molar-refractivity contribution < 1.29 is 9.13 Å². The van der Waals surface area contributed by atoms with E-state index in [0.29, 0.717) is 29.4 Å². The van der Waals surface area contributed by atoms with E-state index in [1.54, 1.807) is 10.7 Å². The Labute approximate surface area is 130 Å². The van der Waals surface area contributed by atoms with Gasteiger partial charge in [-0.25, -0.2) is 9.07 Å². The van der Waals surface area contributed by atoms with E-state index in [1.807, 2.05) is 6.20 Å².